The smallest absolute Gasteiger partial charge is 0.271 e. The number of aromatic nitrogens is 2. The number of amides is 1. The van der Waals surface area contributed by atoms with Crippen LogP contribution in [0, 0.1) is 5.82 Å². The summed E-state index contributed by atoms with van der Waals surface area (Å²) in [5, 5.41) is 5.64. The third kappa shape index (κ3) is 4.72. The van der Waals surface area contributed by atoms with Crippen LogP contribution in [0.15, 0.2) is 60.9 Å². The van der Waals surface area contributed by atoms with Gasteiger partial charge >= 0.3 is 0 Å². The molecule has 0 spiro atoms. The van der Waals surface area contributed by atoms with Crippen LogP contribution in [0.2, 0.25) is 0 Å². The first-order valence-corrected chi connectivity index (χ1v) is 8.24. The number of carbonyl (C=O) groups excluding carboxylic acids is 2. The van der Waals surface area contributed by atoms with Crippen LogP contribution in [-0.4, -0.2) is 21.7 Å². The zero-order chi connectivity index (χ0) is 19.2. The Balaban J connectivity index is 1.60. The number of benzene rings is 2. The van der Waals surface area contributed by atoms with Crippen LogP contribution in [0.25, 0.3) is 0 Å². The van der Waals surface area contributed by atoms with Crippen molar-refractivity contribution in [1.82, 2.24) is 15.3 Å². The molecule has 1 aromatic heterocycles. The molecule has 0 radical (unpaired) electrons. The van der Waals surface area contributed by atoms with Crippen molar-refractivity contribution in [2.24, 2.45) is 0 Å². The van der Waals surface area contributed by atoms with E-state index in [4.69, 9.17) is 0 Å². The molecule has 3 rings (SSSR count). The third-order valence-corrected chi connectivity index (χ3v) is 3.85. The first kappa shape index (κ1) is 18.2. The van der Waals surface area contributed by atoms with Gasteiger partial charge < -0.3 is 10.6 Å². The number of ketones is 1. The highest BCUT2D eigenvalue weighted by molar-refractivity contribution is 5.94. The summed E-state index contributed by atoms with van der Waals surface area (Å²) in [7, 11) is 0. The lowest BCUT2D eigenvalue weighted by atomic mass is 10.1. The van der Waals surface area contributed by atoms with Gasteiger partial charge in [0.15, 0.2) is 5.78 Å². The van der Waals surface area contributed by atoms with E-state index < -0.39 is 5.91 Å². The van der Waals surface area contributed by atoms with Crippen molar-refractivity contribution < 1.29 is 14.0 Å². The molecule has 0 bridgehead atoms. The zero-order valence-corrected chi connectivity index (χ0v) is 14.6. The monoisotopic (exact) mass is 364 g/mol. The first-order valence-electron chi connectivity index (χ1n) is 8.24. The van der Waals surface area contributed by atoms with E-state index in [0.717, 1.165) is 5.69 Å². The zero-order valence-electron chi connectivity index (χ0n) is 14.6. The van der Waals surface area contributed by atoms with Crippen LogP contribution in [0.4, 0.5) is 15.9 Å². The molecule has 0 saturated heterocycles. The molecule has 0 saturated carbocycles. The minimum Gasteiger partial charge on any atom is -0.346 e. The summed E-state index contributed by atoms with van der Waals surface area (Å²) in [6.45, 7) is 1.57. The highest BCUT2D eigenvalue weighted by Gasteiger charge is 2.09. The van der Waals surface area contributed by atoms with Gasteiger partial charge in [0.1, 0.15) is 17.3 Å². The van der Waals surface area contributed by atoms with Crippen LogP contribution in [0.5, 0.6) is 0 Å². The average Bonchev–Trinajstić information content (AvgIpc) is 2.68. The molecular formula is C20H17FN4O2. The maximum absolute atomic E-state index is 13.6. The molecule has 1 amide bonds. The van der Waals surface area contributed by atoms with E-state index in [2.05, 4.69) is 20.6 Å². The van der Waals surface area contributed by atoms with Gasteiger partial charge in [-0.3, -0.25) is 9.59 Å². The molecular weight excluding hydrogens is 347 g/mol. The first-order chi connectivity index (χ1) is 13.0. The molecule has 2 N–H and O–H groups in total. The second-order valence-corrected chi connectivity index (χ2v) is 5.82. The second-order valence-electron chi connectivity index (χ2n) is 5.82. The molecule has 2 aromatic carbocycles. The number of rotatable bonds is 6. The fourth-order valence-electron chi connectivity index (χ4n) is 2.35. The number of halogens is 1. The lowest BCUT2D eigenvalue weighted by molar-refractivity contribution is 0.0944. The van der Waals surface area contributed by atoms with Crippen molar-refractivity contribution in [3.63, 3.8) is 0 Å². The lowest BCUT2D eigenvalue weighted by Crippen LogP contribution is -2.24. The molecule has 0 atom stereocenters. The van der Waals surface area contributed by atoms with E-state index in [1.165, 1.54) is 25.4 Å². The summed E-state index contributed by atoms with van der Waals surface area (Å²) >= 11 is 0. The van der Waals surface area contributed by atoms with Crippen LogP contribution < -0.4 is 10.6 Å². The second kappa shape index (κ2) is 8.18. The summed E-state index contributed by atoms with van der Waals surface area (Å²) in [6, 6.07) is 13.2. The van der Waals surface area contributed by atoms with Crippen molar-refractivity contribution in [2.45, 2.75) is 13.5 Å². The van der Waals surface area contributed by atoms with Crippen LogP contribution >= 0.6 is 0 Å². The summed E-state index contributed by atoms with van der Waals surface area (Å²) in [5.74, 6) is -0.370. The fourth-order valence-corrected chi connectivity index (χ4v) is 2.35. The molecule has 6 nitrogen and oxygen atoms in total. The van der Waals surface area contributed by atoms with Crippen molar-refractivity contribution in [1.29, 1.82) is 0 Å². The predicted octanol–water partition coefficient (Wildman–Crippen LogP) is 3.49. The molecule has 0 unspecified atom stereocenters. The SMILES string of the molecule is CC(=O)c1ccc(Nc2cnc(C(=O)NCc3ccccc3F)cn2)cc1. The van der Waals surface area contributed by atoms with Crippen molar-refractivity contribution in [2.75, 3.05) is 5.32 Å². The van der Waals surface area contributed by atoms with Gasteiger partial charge in [-0.2, -0.15) is 0 Å². The Hall–Kier alpha value is -3.61. The van der Waals surface area contributed by atoms with Crippen molar-refractivity contribution in [3.05, 3.63) is 83.6 Å². The Bertz CT molecular complexity index is 956. The van der Waals surface area contributed by atoms with Gasteiger partial charge in [0.05, 0.1) is 12.4 Å². The standard InChI is InChI=1S/C20H17FN4O2/c1-13(26)14-6-8-16(9-7-14)25-19-12-22-18(11-23-19)20(27)24-10-15-4-2-3-5-17(15)21/h2-9,11-12H,10H2,1H3,(H,23,25)(H,24,27). The highest BCUT2D eigenvalue weighted by Crippen LogP contribution is 2.15. The van der Waals surface area contributed by atoms with E-state index in [-0.39, 0.29) is 23.8 Å². The van der Waals surface area contributed by atoms with Crippen molar-refractivity contribution >= 4 is 23.2 Å². The Morgan fingerprint density at radius 3 is 2.37 bits per heavy atom. The average molecular weight is 364 g/mol. The number of Topliss-reactive ketones (excluding diaryl/α,β-unsaturated/α-hetero) is 1. The Morgan fingerprint density at radius 2 is 1.74 bits per heavy atom. The molecule has 0 fully saturated rings. The third-order valence-electron chi connectivity index (χ3n) is 3.85. The molecule has 27 heavy (non-hydrogen) atoms. The van der Waals surface area contributed by atoms with Gasteiger partial charge in [-0.1, -0.05) is 18.2 Å². The summed E-state index contributed by atoms with van der Waals surface area (Å²) in [5.41, 5.74) is 1.88. The van der Waals surface area contributed by atoms with E-state index in [1.807, 2.05) is 0 Å². The minimum atomic E-state index is -0.442. The summed E-state index contributed by atoms with van der Waals surface area (Å²) in [4.78, 5) is 31.6. The van der Waals surface area contributed by atoms with Gasteiger partial charge in [-0.05, 0) is 37.3 Å². The van der Waals surface area contributed by atoms with Crippen LogP contribution in [-0.2, 0) is 6.54 Å². The predicted molar refractivity (Wildman–Crippen MR) is 99.3 cm³/mol. The summed E-state index contributed by atoms with van der Waals surface area (Å²) < 4.78 is 13.6. The molecule has 136 valence electrons. The molecule has 7 heteroatoms. The minimum absolute atomic E-state index is 0.00732. The summed E-state index contributed by atoms with van der Waals surface area (Å²) in [6.07, 6.45) is 2.76. The van der Waals surface area contributed by atoms with Gasteiger partial charge in [-0.15, -0.1) is 0 Å². The number of anilines is 2. The maximum Gasteiger partial charge on any atom is 0.271 e. The van der Waals surface area contributed by atoms with E-state index in [1.54, 1.807) is 42.5 Å². The molecule has 0 aliphatic heterocycles. The molecule has 0 aliphatic rings. The normalized spacial score (nSPS) is 10.3. The molecule has 3 aromatic rings. The largest absolute Gasteiger partial charge is 0.346 e. The van der Waals surface area contributed by atoms with E-state index in [0.29, 0.717) is 16.9 Å². The van der Waals surface area contributed by atoms with Gasteiger partial charge in [-0.25, -0.2) is 14.4 Å². The molecule has 1 heterocycles. The van der Waals surface area contributed by atoms with E-state index in [9.17, 15) is 14.0 Å². The van der Waals surface area contributed by atoms with Crippen LogP contribution in [0.1, 0.15) is 33.3 Å². The Morgan fingerprint density at radius 1 is 1.00 bits per heavy atom. The number of nitrogens with one attached hydrogen (secondary N) is 2. The number of carbonyl (C=O) groups is 2. The van der Waals surface area contributed by atoms with Crippen LogP contribution in [0.3, 0.4) is 0 Å². The quantitative estimate of drug-likeness (QED) is 0.654. The topological polar surface area (TPSA) is 84.0 Å². The lowest BCUT2D eigenvalue weighted by Gasteiger charge is -2.08. The Labute approximate surface area is 155 Å². The van der Waals surface area contributed by atoms with Gasteiger partial charge in [0.2, 0.25) is 0 Å². The number of hydrogen-bond donors (Lipinski definition) is 2. The Kier molecular flexibility index (Phi) is 5.51. The highest BCUT2D eigenvalue weighted by atomic mass is 19.1. The van der Waals surface area contributed by atoms with Gasteiger partial charge in [0.25, 0.3) is 5.91 Å². The van der Waals surface area contributed by atoms with Gasteiger partial charge in [0, 0.05) is 23.4 Å². The van der Waals surface area contributed by atoms with Crippen molar-refractivity contribution in [3.8, 4) is 0 Å². The number of nitrogens with zero attached hydrogens (tertiary/aromatic N) is 2. The maximum atomic E-state index is 13.6. The molecule has 0 aliphatic carbocycles. The fraction of sp³-hybridized carbons (Fsp3) is 0.100. The number of hydrogen-bond acceptors (Lipinski definition) is 5. The van der Waals surface area contributed by atoms with E-state index >= 15 is 0 Å².